The van der Waals surface area contributed by atoms with E-state index in [0.717, 1.165) is 6.07 Å². The number of hydrogen-bond acceptors (Lipinski definition) is 11. The van der Waals surface area contributed by atoms with Gasteiger partial charge in [-0.3, -0.25) is 14.8 Å². The first-order valence-corrected chi connectivity index (χ1v) is 13.2. The van der Waals surface area contributed by atoms with Crippen LogP contribution in [0.15, 0.2) is 65.2 Å². The van der Waals surface area contributed by atoms with Gasteiger partial charge in [0, 0.05) is 34.1 Å². The van der Waals surface area contributed by atoms with Crippen molar-refractivity contribution in [1.82, 2.24) is 25.3 Å². The van der Waals surface area contributed by atoms with Crippen molar-refractivity contribution >= 4 is 23.2 Å². The van der Waals surface area contributed by atoms with E-state index in [0.29, 0.717) is 54.7 Å². The molecule has 4 rings (SSSR count). The Balaban J connectivity index is 1.47. The summed E-state index contributed by atoms with van der Waals surface area (Å²) < 4.78 is 31.9. The first kappa shape index (κ1) is 30.4. The van der Waals surface area contributed by atoms with Gasteiger partial charge in [0.25, 0.3) is 0 Å². The highest BCUT2D eigenvalue weighted by Gasteiger charge is 2.32. The fraction of sp³-hybridized carbons (Fsp3) is 0.370. The summed E-state index contributed by atoms with van der Waals surface area (Å²) in [6.45, 7) is 1.19. The molecule has 3 aromatic rings. The van der Waals surface area contributed by atoms with Gasteiger partial charge in [-0.05, 0) is 24.3 Å². The van der Waals surface area contributed by atoms with E-state index in [-0.39, 0.29) is 37.0 Å². The number of Topliss-reactive ketones (excluding diaryl/α,β-unsaturated/α-hetero) is 1. The summed E-state index contributed by atoms with van der Waals surface area (Å²) in [5, 5.41) is 29.9. The Morgan fingerprint density at radius 2 is 1.83 bits per heavy atom. The summed E-state index contributed by atoms with van der Waals surface area (Å²) in [5.41, 5.74) is 2.19. The molecule has 0 saturated carbocycles. The molecule has 0 aliphatic carbocycles. The number of ketones is 1. The summed E-state index contributed by atoms with van der Waals surface area (Å²) in [6.07, 6.45) is 4.93. The minimum atomic E-state index is -0.916. The van der Waals surface area contributed by atoms with Gasteiger partial charge in [0.2, 0.25) is 0 Å². The summed E-state index contributed by atoms with van der Waals surface area (Å²) in [6, 6.07) is 6.43. The largest absolute Gasteiger partial charge is 0.394 e. The molecule has 2 aromatic heterocycles. The van der Waals surface area contributed by atoms with Crippen molar-refractivity contribution in [2.75, 3.05) is 46.2 Å². The average molecular weight is 589 g/mol. The molecule has 41 heavy (non-hydrogen) atoms. The number of nitrogens with zero attached hydrogens (tertiary/aromatic N) is 5. The van der Waals surface area contributed by atoms with Gasteiger partial charge in [0.1, 0.15) is 30.0 Å². The van der Waals surface area contributed by atoms with Crippen LogP contribution in [-0.4, -0.2) is 88.1 Å². The minimum absolute atomic E-state index is 0.0289. The van der Waals surface area contributed by atoms with Crippen molar-refractivity contribution in [3.63, 3.8) is 0 Å². The lowest BCUT2D eigenvalue weighted by Crippen LogP contribution is -2.36. The number of aliphatic hydroxyl groups excluding tert-OH is 2. The zero-order chi connectivity index (χ0) is 29.0. The maximum absolute atomic E-state index is 13.8. The van der Waals surface area contributed by atoms with Crippen molar-refractivity contribution in [3.05, 3.63) is 87.9 Å². The third kappa shape index (κ3) is 8.45. The lowest BCUT2D eigenvalue weighted by Gasteiger charge is -2.28. The van der Waals surface area contributed by atoms with E-state index in [9.17, 15) is 14.3 Å². The number of aliphatic imine (C=N–C) groups is 1. The van der Waals surface area contributed by atoms with Gasteiger partial charge in [0.05, 0.1) is 64.7 Å². The SMILES string of the molecule is O=C(CO)C1=C(COCc2cn(CCOCCOCCO)nn2)NC(c2ccncc2)=N[C@H]1c1ccc(F)cc1Cl. The van der Waals surface area contributed by atoms with Crippen molar-refractivity contribution in [2.45, 2.75) is 19.2 Å². The van der Waals surface area contributed by atoms with Crippen LogP contribution in [0.1, 0.15) is 22.9 Å². The Kier molecular flexibility index (Phi) is 11.4. The molecule has 3 heterocycles. The summed E-state index contributed by atoms with van der Waals surface area (Å²) in [5.74, 6) is -0.675. The van der Waals surface area contributed by atoms with Crippen molar-refractivity contribution in [2.24, 2.45) is 4.99 Å². The molecule has 0 radical (unpaired) electrons. The highest BCUT2D eigenvalue weighted by Crippen LogP contribution is 2.36. The molecule has 1 atom stereocenters. The Morgan fingerprint density at radius 1 is 1.05 bits per heavy atom. The molecule has 3 N–H and O–H groups in total. The maximum atomic E-state index is 13.8. The van der Waals surface area contributed by atoms with Crippen LogP contribution in [0.5, 0.6) is 0 Å². The predicted octanol–water partition coefficient (Wildman–Crippen LogP) is 1.61. The van der Waals surface area contributed by atoms with E-state index < -0.39 is 24.2 Å². The Hall–Kier alpha value is -3.59. The Labute approximate surface area is 240 Å². The number of nitrogens with one attached hydrogen (secondary N) is 1. The van der Waals surface area contributed by atoms with Crippen LogP contribution in [0.25, 0.3) is 0 Å². The molecule has 0 amide bonds. The Morgan fingerprint density at radius 3 is 2.56 bits per heavy atom. The quantitative estimate of drug-likeness (QED) is 0.210. The number of carbonyl (C=O) groups excluding carboxylic acids is 1. The molecular formula is C27H30ClFN6O6. The van der Waals surface area contributed by atoms with Gasteiger partial charge in [-0.15, -0.1) is 5.10 Å². The molecule has 12 nitrogen and oxygen atoms in total. The third-order valence-corrected chi connectivity index (χ3v) is 6.26. The second-order valence-electron chi connectivity index (χ2n) is 8.79. The number of hydrogen-bond donors (Lipinski definition) is 3. The molecular weight excluding hydrogens is 559 g/mol. The van der Waals surface area contributed by atoms with Gasteiger partial charge in [-0.1, -0.05) is 22.9 Å². The molecule has 14 heteroatoms. The number of carbonyl (C=O) groups is 1. The van der Waals surface area contributed by atoms with Crippen LogP contribution < -0.4 is 5.32 Å². The van der Waals surface area contributed by atoms with Crippen molar-refractivity contribution in [1.29, 1.82) is 0 Å². The lowest BCUT2D eigenvalue weighted by atomic mass is 9.92. The zero-order valence-electron chi connectivity index (χ0n) is 22.1. The first-order valence-electron chi connectivity index (χ1n) is 12.8. The molecule has 1 aliphatic rings. The number of aliphatic hydroxyl groups is 2. The normalized spacial score (nSPS) is 15.1. The van der Waals surface area contributed by atoms with Crippen LogP contribution in [0.4, 0.5) is 4.39 Å². The molecule has 1 aliphatic heterocycles. The van der Waals surface area contributed by atoms with Crippen molar-refractivity contribution in [3.8, 4) is 0 Å². The Bertz CT molecular complexity index is 1370. The van der Waals surface area contributed by atoms with Crippen LogP contribution in [0.3, 0.4) is 0 Å². The zero-order valence-corrected chi connectivity index (χ0v) is 22.8. The molecule has 1 aromatic carbocycles. The smallest absolute Gasteiger partial charge is 0.188 e. The van der Waals surface area contributed by atoms with E-state index in [2.05, 4.69) is 20.6 Å². The molecule has 0 spiro atoms. The molecule has 0 bridgehead atoms. The van der Waals surface area contributed by atoms with Crippen molar-refractivity contribution < 1.29 is 33.6 Å². The van der Waals surface area contributed by atoms with E-state index in [1.54, 1.807) is 35.4 Å². The molecule has 218 valence electrons. The highest BCUT2D eigenvalue weighted by molar-refractivity contribution is 6.31. The van der Waals surface area contributed by atoms with Crippen LogP contribution >= 0.6 is 11.6 Å². The molecule has 0 fully saturated rings. The lowest BCUT2D eigenvalue weighted by molar-refractivity contribution is -0.118. The summed E-state index contributed by atoms with van der Waals surface area (Å²) in [4.78, 5) is 21.7. The number of pyridine rings is 1. The van der Waals surface area contributed by atoms with Crippen LogP contribution in [-0.2, 0) is 32.2 Å². The number of benzene rings is 1. The fourth-order valence-electron chi connectivity index (χ4n) is 4.04. The second-order valence-corrected chi connectivity index (χ2v) is 9.20. The monoisotopic (exact) mass is 588 g/mol. The number of aromatic nitrogens is 4. The molecule has 0 saturated heterocycles. The average Bonchev–Trinajstić information content (AvgIpc) is 3.44. The van der Waals surface area contributed by atoms with E-state index in [4.69, 9.17) is 35.9 Å². The van der Waals surface area contributed by atoms with Gasteiger partial charge in [0.15, 0.2) is 5.78 Å². The number of rotatable bonds is 16. The summed E-state index contributed by atoms with van der Waals surface area (Å²) in [7, 11) is 0. The second kappa shape index (κ2) is 15.4. The van der Waals surface area contributed by atoms with Gasteiger partial charge < -0.3 is 29.7 Å². The fourth-order valence-corrected chi connectivity index (χ4v) is 4.31. The first-order chi connectivity index (χ1) is 20.0. The number of ether oxygens (including phenoxy) is 3. The van der Waals surface area contributed by atoms with Crippen LogP contribution in [0.2, 0.25) is 5.02 Å². The van der Waals surface area contributed by atoms with Gasteiger partial charge >= 0.3 is 0 Å². The van der Waals surface area contributed by atoms with Crippen LogP contribution in [0, 0.1) is 5.82 Å². The maximum Gasteiger partial charge on any atom is 0.188 e. The van der Waals surface area contributed by atoms with Gasteiger partial charge in [-0.25, -0.2) is 9.07 Å². The standard InChI is InChI=1S/C27H30ClFN6O6/c28-22-13-19(29)1-2-21(22)26-25(24(38)15-37)23(31-27(32-26)18-3-5-30-6-4-18)17-41-16-20-14-35(34-33-20)7-9-39-11-12-40-10-8-36/h1-6,13-14,26,36-37H,7-12,15-17H2,(H,31,32)/t26-/m0/s1. The van der Waals surface area contributed by atoms with E-state index >= 15 is 0 Å². The topological polar surface area (TPSA) is 153 Å². The minimum Gasteiger partial charge on any atom is -0.394 e. The number of amidine groups is 1. The summed E-state index contributed by atoms with van der Waals surface area (Å²) >= 11 is 6.37. The molecule has 0 unspecified atom stereocenters. The number of halogens is 2. The highest BCUT2D eigenvalue weighted by atomic mass is 35.5. The third-order valence-electron chi connectivity index (χ3n) is 5.94. The van der Waals surface area contributed by atoms with E-state index in [1.807, 2.05) is 0 Å². The van der Waals surface area contributed by atoms with Gasteiger partial charge in [-0.2, -0.15) is 0 Å². The van der Waals surface area contributed by atoms with E-state index in [1.165, 1.54) is 12.1 Å². The predicted molar refractivity (Wildman–Crippen MR) is 146 cm³/mol.